The minimum Gasteiger partial charge on any atom is -0.452 e. The number of esters is 1. The standard InChI is InChI=1S/C22H20ClN3O6S/c1-25-12-6-9-19(25)21(28)24-20(27)14-32-22(29)17-13-16(10-11-18(17)23)33(30,31)26(2)15-7-4-3-5-8-15/h3-13H,14H2,1-2H3,(H,24,27,28). The number of hydrogen-bond acceptors (Lipinski definition) is 6. The lowest BCUT2D eigenvalue weighted by Crippen LogP contribution is -2.35. The number of amides is 2. The second-order valence-corrected chi connectivity index (χ2v) is 9.28. The molecule has 0 unspecified atom stereocenters. The molecule has 0 aliphatic heterocycles. The molecule has 0 bridgehead atoms. The number of nitrogens with one attached hydrogen (secondary N) is 1. The van der Waals surface area contributed by atoms with Crippen molar-refractivity contribution < 1.29 is 27.5 Å². The predicted molar refractivity (Wildman–Crippen MR) is 122 cm³/mol. The first-order valence-corrected chi connectivity index (χ1v) is 11.4. The van der Waals surface area contributed by atoms with E-state index in [1.807, 2.05) is 0 Å². The molecule has 1 heterocycles. The van der Waals surface area contributed by atoms with Gasteiger partial charge in [-0.3, -0.25) is 19.2 Å². The van der Waals surface area contributed by atoms with Crippen LogP contribution in [0, 0.1) is 0 Å². The smallest absolute Gasteiger partial charge is 0.340 e. The predicted octanol–water partition coefficient (Wildman–Crippen LogP) is 2.62. The number of ether oxygens (including phenoxy) is 1. The van der Waals surface area contributed by atoms with E-state index in [0.717, 1.165) is 10.4 Å². The molecule has 0 atom stereocenters. The first-order valence-electron chi connectivity index (χ1n) is 9.57. The lowest BCUT2D eigenvalue weighted by Gasteiger charge is -2.20. The number of rotatable bonds is 7. The van der Waals surface area contributed by atoms with Crippen LogP contribution in [0.2, 0.25) is 5.02 Å². The molecule has 2 aromatic carbocycles. The van der Waals surface area contributed by atoms with Gasteiger partial charge in [0, 0.05) is 20.3 Å². The lowest BCUT2D eigenvalue weighted by atomic mass is 10.2. The SMILES string of the molecule is CN(c1ccccc1)S(=O)(=O)c1ccc(Cl)c(C(=O)OCC(=O)NC(=O)c2cccn2C)c1. The maximum atomic E-state index is 13.0. The topological polar surface area (TPSA) is 115 Å². The van der Waals surface area contributed by atoms with Gasteiger partial charge in [0.25, 0.3) is 21.8 Å². The molecule has 0 saturated carbocycles. The van der Waals surface area contributed by atoms with Crippen LogP contribution < -0.4 is 9.62 Å². The van der Waals surface area contributed by atoms with Gasteiger partial charge in [0.1, 0.15) is 5.69 Å². The van der Waals surface area contributed by atoms with Crippen LogP contribution >= 0.6 is 11.6 Å². The molecule has 3 rings (SSSR count). The van der Waals surface area contributed by atoms with E-state index < -0.39 is 34.4 Å². The summed E-state index contributed by atoms with van der Waals surface area (Å²) in [7, 11) is -0.984. The Bertz CT molecular complexity index is 1300. The summed E-state index contributed by atoms with van der Waals surface area (Å²) in [6, 6.07) is 15.1. The van der Waals surface area contributed by atoms with E-state index in [1.165, 1.54) is 29.8 Å². The normalized spacial score (nSPS) is 11.0. The zero-order chi connectivity index (χ0) is 24.2. The molecular weight excluding hydrogens is 470 g/mol. The Morgan fingerprint density at radius 1 is 1.06 bits per heavy atom. The summed E-state index contributed by atoms with van der Waals surface area (Å²) >= 11 is 6.06. The number of carbonyl (C=O) groups excluding carboxylic acids is 3. The molecule has 11 heteroatoms. The van der Waals surface area contributed by atoms with Crippen LogP contribution in [-0.4, -0.2) is 44.4 Å². The van der Waals surface area contributed by atoms with Crippen molar-refractivity contribution >= 4 is 45.1 Å². The third-order valence-corrected chi connectivity index (χ3v) is 6.81. The summed E-state index contributed by atoms with van der Waals surface area (Å²) < 4.78 is 33.5. The number of anilines is 1. The van der Waals surface area contributed by atoms with E-state index in [-0.39, 0.29) is 21.2 Å². The van der Waals surface area contributed by atoms with Crippen LogP contribution in [0.25, 0.3) is 0 Å². The first-order chi connectivity index (χ1) is 15.6. The van der Waals surface area contributed by atoms with Crippen LogP contribution in [-0.2, 0) is 26.6 Å². The van der Waals surface area contributed by atoms with Gasteiger partial charge < -0.3 is 9.30 Å². The number of nitrogens with zero attached hydrogens (tertiary/aromatic N) is 2. The van der Waals surface area contributed by atoms with Gasteiger partial charge in [0.2, 0.25) is 0 Å². The van der Waals surface area contributed by atoms with Crippen molar-refractivity contribution in [3.05, 3.63) is 83.1 Å². The van der Waals surface area contributed by atoms with Crippen molar-refractivity contribution in [1.82, 2.24) is 9.88 Å². The molecule has 0 aliphatic carbocycles. The Hall–Kier alpha value is -3.63. The number of hydrogen-bond donors (Lipinski definition) is 1. The number of sulfonamides is 1. The second-order valence-electron chi connectivity index (χ2n) is 6.91. The zero-order valence-electron chi connectivity index (χ0n) is 17.7. The Balaban J connectivity index is 1.71. The monoisotopic (exact) mass is 489 g/mol. The molecule has 3 aromatic rings. The molecule has 9 nitrogen and oxygen atoms in total. The summed E-state index contributed by atoms with van der Waals surface area (Å²) in [6.07, 6.45) is 1.64. The highest BCUT2D eigenvalue weighted by molar-refractivity contribution is 7.92. The molecule has 0 saturated heterocycles. The van der Waals surface area contributed by atoms with E-state index in [1.54, 1.807) is 49.6 Å². The lowest BCUT2D eigenvalue weighted by molar-refractivity contribution is -0.123. The van der Waals surface area contributed by atoms with Gasteiger partial charge in [-0.1, -0.05) is 29.8 Å². The highest BCUT2D eigenvalue weighted by Gasteiger charge is 2.24. The summed E-state index contributed by atoms with van der Waals surface area (Å²) in [5.41, 5.74) is 0.440. The maximum Gasteiger partial charge on any atom is 0.340 e. The largest absolute Gasteiger partial charge is 0.452 e. The van der Waals surface area contributed by atoms with E-state index in [4.69, 9.17) is 16.3 Å². The highest BCUT2D eigenvalue weighted by Crippen LogP contribution is 2.26. The average molecular weight is 490 g/mol. The van der Waals surface area contributed by atoms with Crippen LogP contribution in [0.3, 0.4) is 0 Å². The summed E-state index contributed by atoms with van der Waals surface area (Å²) in [5, 5.41) is 2.05. The first kappa shape index (κ1) is 24.0. The van der Waals surface area contributed by atoms with Crippen LogP contribution in [0.4, 0.5) is 5.69 Å². The van der Waals surface area contributed by atoms with Crippen molar-refractivity contribution in [2.75, 3.05) is 18.0 Å². The Kier molecular flexibility index (Phi) is 7.19. The summed E-state index contributed by atoms with van der Waals surface area (Å²) in [6.45, 7) is -0.758. The molecule has 0 aliphatic rings. The Morgan fingerprint density at radius 2 is 1.76 bits per heavy atom. The molecule has 1 N–H and O–H groups in total. The minimum absolute atomic E-state index is 0.0541. The van der Waals surface area contributed by atoms with Crippen LogP contribution in [0.5, 0.6) is 0 Å². The number of benzene rings is 2. The molecule has 0 radical (unpaired) electrons. The average Bonchev–Trinajstić information content (AvgIpc) is 3.23. The molecular formula is C22H20ClN3O6S. The second kappa shape index (κ2) is 9.88. The van der Waals surface area contributed by atoms with Gasteiger partial charge in [-0.2, -0.15) is 0 Å². The van der Waals surface area contributed by atoms with Gasteiger partial charge in [0.05, 0.1) is 21.2 Å². The fraction of sp³-hybridized carbons (Fsp3) is 0.136. The zero-order valence-corrected chi connectivity index (χ0v) is 19.3. The maximum absolute atomic E-state index is 13.0. The molecule has 172 valence electrons. The van der Waals surface area contributed by atoms with Gasteiger partial charge >= 0.3 is 5.97 Å². The van der Waals surface area contributed by atoms with Crippen molar-refractivity contribution in [3.8, 4) is 0 Å². The van der Waals surface area contributed by atoms with Crippen molar-refractivity contribution in [1.29, 1.82) is 0 Å². The number of aromatic nitrogens is 1. The van der Waals surface area contributed by atoms with Gasteiger partial charge in [-0.25, -0.2) is 13.2 Å². The number of imide groups is 1. The molecule has 0 fully saturated rings. The Morgan fingerprint density at radius 3 is 2.39 bits per heavy atom. The third-order valence-electron chi connectivity index (χ3n) is 4.70. The fourth-order valence-electron chi connectivity index (χ4n) is 2.89. The van der Waals surface area contributed by atoms with E-state index in [0.29, 0.717) is 5.69 Å². The molecule has 33 heavy (non-hydrogen) atoms. The van der Waals surface area contributed by atoms with Crippen molar-refractivity contribution in [3.63, 3.8) is 0 Å². The number of para-hydroxylation sites is 1. The van der Waals surface area contributed by atoms with E-state index >= 15 is 0 Å². The quantitative estimate of drug-likeness (QED) is 0.510. The third kappa shape index (κ3) is 5.41. The Labute approximate surface area is 195 Å². The molecule has 2 amide bonds. The van der Waals surface area contributed by atoms with E-state index in [9.17, 15) is 22.8 Å². The van der Waals surface area contributed by atoms with Gasteiger partial charge in [-0.15, -0.1) is 0 Å². The summed E-state index contributed by atoms with van der Waals surface area (Å²) in [4.78, 5) is 36.3. The van der Waals surface area contributed by atoms with Crippen LogP contribution in [0.1, 0.15) is 20.8 Å². The number of carbonyl (C=O) groups is 3. The van der Waals surface area contributed by atoms with E-state index in [2.05, 4.69) is 5.32 Å². The number of aryl methyl sites for hydroxylation is 1. The van der Waals surface area contributed by atoms with Crippen molar-refractivity contribution in [2.45, 2.75) is 4.90 Å². The molecule has 0 spiro atoms. The van der Waals surface area contributed by atoms with Gasteiger partial charge in [-0.05, 0) is 42.5 Å². The fourth-order valence-corrected chi connectivity index (χ4v) is 4.31. The van der Waals surface area contributed by atoms with Gasteiger partial charge in [0.15, 0.2) is 6.61 Å². The highest BCUT2D eigenvalue weighted by atomic mass is 35.5. The number of halogens is 1. The van der Waals surface area contributed by atoms with Crippen LogP contribution in [0.15, 0.2) is 71.8 Å². The summed E-state index contributed by atoms with van der Waals surface area (Å²) in [5.74, 6) is -2.52. The minimum atomic E-state index is -4.00. The van der Waals surface area contributed by atoms with Crippen molar-refractivity contribution in [2.24, 2.45) is 7.05 Å². The molecule has 1 aromatic heterocycles.